The van der Waals surface area contributed by atoms with E-state index in [2.05, 4.69) is 15.1 Å². The second-order valence-electron chi connectivity index (χ2n) is 6.93. The molecule has 9 heteroatoms. The number of nitrogens with zero attached hydrogens (tertiary/aromatic N) is 2. The van der Waals surface area contributed by atoms with E-state index in [4.69, 9.17) is 11.6 Å². The summed E-state index contributed by atoms with van der Waals surface area (Å²) in [4.78, 5) is 12.9. The molecule has 0 bridgehead atoms. The molecule has 1 amide bonds. The summed E-state index contributed by atoms with van der Waals surface area (Å²) in [6, 6.07) is 14.3. The van der Waals surface area contributed by atoms with Gasteiger partial charge in [0.2, 0.25) is 10.0 Å². The van der Waals surface area contributed by atoms with Crippen LogP contribution in [-0.2, 0) is 23.1 Å². The zero-order valence-corrected chi connectivity index (χ0v) is 18.5. The molecule has 0 aliphatic carbocycles. The first kappa shape index (κ1) is 22.0. The number of rotatable bonds is 7. The second kappa shape index (κ2) is 8.99. The number of benzene rings is 2. The number of carbonyl (C=O) groups excluding carboxylic acids is 1. The molecule has 7 nitrogen and oxygen atoms in total. The summed E-state index contributed by atoms with van der Waals surface area (Å²) in [6.45, 7) is 4.46. The van der Waals surface area contributed by atoms with Crippen molar-refractivity contribution in [1.82, 2.24) is 19.8 Å². The van der Waals surface area contributed by atoms with Crippen molar-refractivity contribution in [3.05, 3.63) is 81.6 Å². The fourth-order valence-corrected chi connectivity index (χ4v) is 4.01. The van der Waals surface area contributed by atoms with Gasteiger partial charge in [0.05, 0.1) is 22.7 Å². The molecular formula is C21H23ClN4O3S. The van der Waals surface area contributed by atoms with E-state index in [0.29, 0.717) is 17.8 Å². The van der Waals surface area contributed by atoms with Crippen molar-refractivity contribution in [1.29, 1.82) is 0 Å². The minimum absolute atomic E-state index is 0.163. The molecule has 0 atom stereocenters. The number of hydrogen-bond acceptors (Lipinski definition) is 4. The van der Waals surface area contributed by atoms with Gasteiger partial charge in [-0.15, -0.1) is 0 Å². The monoisotopic (exact) mass is 446 g/mol. The van der Waals surface area contributed by atoms with Crippen molar-refractivity contribution in [2.45, 2.75) is 31.8 Å². The van der Waals surface area contributed by atoms with E-state index in [1.165, 1.54) is 19.2 Å². The van der Waals surface area contributed by atoms with Crippen molar-refractivity contribution in [3.8, 4) is 0 Å². The number of aryl methyl sites for hydroxylation is 2. The predicted molar refractivity (Wildman–Crippen MR) is 116 cm³/mol. The smallest absolute Gasteiger partial charge is 0.256 e. The van der Waals surface area contributed by atoms with E-state index < -0.39 is 10.0 Å². The molecule has 0 saturated carbocycles. The molecule has 2 aromatic carbocycles. The maximum Gasteiger partial charge on any atom is 0.256 e. The van der Waals surface area contributed by atoms with Gasteiger partial charge >= 0.3 is 0 Å². The normalized spacial score (nSPS) is 11.5. The van der Waals surface area contributed by atoms with Gasteiger partial charge in [0, 0.05) is 6.54 Å². The average molecular weight is 447 g/mol. The molecule has 3 rings (SSSR count). The zero-order valence-electron chi connectivity index (χ0n) is 16.9. The highest BCUT2D eigenvalue weighted by molar-refractivity contribution is 7.89. The third-order valence-corrected chi connectivity index (χ3v) is 6.52. The van der Waals surface area contributed by atoms with Crippen LogP contribution in [0.2, 0.25) is 5.15 Å². The van der Waals surface area contributed by atoms with Crippen molar-refractivity contribution in [2.24, 2.45) is 0 Å². The van der Waals surface area contributed by atoms with E-state index in [9.17, 15) is 13.2 Å². The molecule has 1 heterocycles. The molecule has 0 saturated heterocycles. The SMILES string of the molecule is CNS(=O)(=O)c1ccc(CNC(=O)c2c(C)nn(Cc3ccc(C)cc3)c2Cl)cc1. The molecule has 3 aromatic rings. The standard InChI is InChI=1S/C21H23ClN4O3S/c1-14-4-6-17(7-5-14)13-26-20(22)19(15(2)25-26)21(27)24-12-16-8-10-18(11-9-16)30(28,29)23-3/h4-11,23H,12-13H2,1-3H3,(H,24,27). The highest BCUT2D eigenvalue weighted by Crippen LogP contribution is 2.21. The van der Waals surface area contributed by atoms with Crippen LogP contribution in [0.25, 0.3) is 0 Å². The summed E-state index contributed by atoms with van der Waals surface area (Å²) in [5, 5.41) is 7.49. The van der Waals surface area contributed by atoms with E-state index in [0.717, 1.165) is 16.7 Å². The summed E-state index contributed by atoms with van der Waals surface area (Å²) >= 11 is 6.44. The Bertz CT molecular complexity index is 1150. The van der Waals surface area contributed by atoms with Gasteiger partial charge in [-0.3, -0.25) is 4.79 Å². The minimum Gasteiger partial charge on any atom is -0.348 e. The molecule has 0 spiro atoms. The van der Waals surface area contributed by atoms with Crippen LogP contribution in [0.4, 0.5) is 0 Å². The van der Waals surface area contributed by atoms with Crippen molar-refractivity contribution in [3.63, 3.8) is 0 Å². The number of aromatic nitrogens is 2. The largest absolute Gasteiger partial charge is 0.348 e. The Hall–Kier alpha value is -2.68. The lowest BCUT2D eigenvalue weighted by Crippen LogP contribution is -2.23. The number of carbonyl (C=O) groups is 1. The number of amides is 1. The summed E-state index contributed by atoms with van der Waals surface area (Å²) < 4.78 is 27.4. The number of hydrogen-bond donors (Lipinski definition) is 2. The third-order valence-electron chi connectivity index (χ3n) is 4.70. The molecule has 158 valence electrons. The summed E-state index contributed by atoms with van der Waals surface area (Å²) in [6.07, 6.45) is 0. The van der Waals surface area contributed by atoms with Gasteiger partial charge in [-0.1, -0.05) is 53.6 Å². The summed E-state index contributed by atoms with van der Waals surface area (Å²) in [7, 11) is -2.14. The van der Waals surface area contributed by atoms with E-state index in [-0.39, 0.29) is 22.5 Å². The number of halogens is 1. The Morgan fingerprint density at radius 3 is 2.23 bits per heavy atom. The maximum atomic E-state index is 12.7. The Labute approximate surface area is 181 Å². The van der Waals surface area contributed by atoms with Crippen LogP contribution in [0.1, 0.15) is 32.7 Å². The van der Waals surface area contributed by atoms with E-state index in [1.54, 1.807) is 23.7 Å². The van der Waals surface area contributed by atoms with Crippen molar-refractivity contribution in [2.75, 3.05) is 7.05 Å². The Morgan fingerprint density at radius 1 is 1.03 bits per heavy atom. The molecular weight excluding hydrogens is 424 g/mol. The lowest BCUT2D eigenvalue weighted by molar-refractivity contribution is 0.0950. The van der Waals surface area contributed by atoms with Gasteiger partial charge in [0.25, 0.3) is 5.91 Å². The van der Waals surface area contributed by atoms with Gasteiger partial charge in [0.15, 0.2) is 0 Å². The van der Waals surface area contributed by atoms with Gasteiger partial charge in [0.1, 0.15) is 5.15 Å². The van der Waals surface area contributed by atoms with Gasteiger partial charge in [-0.2, -0.15) is 5.10 Å². The molecule has 30 heavy (non-hydrogen) atoms. The Morgan fingerprint density at radius 2 is 1.63 bits per heavy atom. The average Bonchev–Trinajstić information content (AvgIpc) is 3.01. The molecule has 0 radical (unpaired) electrons. The fraction of sp³-hybridized carbons (Fsp3) is 0.238. The first-order chi connectivity index (χ1) is 14.2. The van der Waals surface area contributed by atoms with Crippen LogP contribution in [0.3, 0.4) is 0 Å². The lowest BCUT2D eigenvalue weighted by atomic mass is 10.1. The van der Waals surface area contributed by atoms with Crippen molar-refractivity contribution < 1.29 is 13.2 Å². The van der Waals surface area contributed by atoms with Crippen molar-refractivity contribution >= 4 is 27.5 Å². The first-order valence-electron chi connectivity index (χ1n) is 9.30. The van der Waals surface area contributed by atoms with Crippen LogP contribution in [-0.4, -0.2) is 31.2 Å². The molecule has 0 aliphatic rings. The number of sulfonamides is 1. The Balaban J connectivity index is 1.70. The van der Waals surface area contributed by atoms with Gasteiger partial charge in [-0.05, 0) is 44.2 Å². The fourth-order valence-electron chi connectivity index (χ4n) is 2.96. The third kappa shape index (κ3) is 4.89. The number of nitrogens with one attached hydrogen (secondary N) is 2. The van der Waals surface area contributed by atoms with Gasteiger partial charge < -0.3 is 5.32 Å². The van der Waals surface area contributed by atoms with Crippen LogP contribution >= 0.6 is 11.6 Å². The highest BCUT2D eigenvalue weighted by atomic mass is 35.5. The van der Waals surface area contributed by atoms with Crippen LogP contribution in [0.5, 0.6) is 0 Å². The van der Waals surface area contributed by atoms with Crippen LogP contribution in [0.15, 0.2) is 53.4 Å². The van der Waals surface area contributed by atoms with Crippen LogP contribution < -0.4 is 10.0 Å². The molecule has 2 N–H and O–H groups in total. The van der Waals surface area contributed by atoms with E-state index in [1.807, 2.05) is 31.2 Å². The topological polar surface area (TPSA) is 93.1 Å². The first-order valence-corrected chi connectivity index (χ1v) is 11.2. The maximum absolute atomic E-state index is 12.7. The summed E-state index contributed by atoms with van der Waals surface area (Å²) in [5.41, 5.74) is 3.84. The zero-order chi connectivity index (χ0) is 21.9. The molecule has 0 unspecified atom stereocenters. The minimum atomic E-state index is -3.49. The molecule has 0 fully saturated rings. The lowest BCUT2D eigenvalue weighted by Gasteiger charge is -2.07. The molecule has 1 aromatic heterocycles. The quantitative estimate of drug-likeness (QED) is 0.583. The van der Waals surface area contributed by atoms with Gasteiger partial charge in [-0.25, -0.2) is 17.8 Å². The van der Waals surface area contributed by atoms with Crippen LogP contribution in [0, 0.1) is 13.8 Å². The Kier molecular flexibility index (Phi) is 6.60. The molecule has 0 aliphatic heterocycles. The predicted octanol–water partition coefficient (Wildman–Crippen LogP) is 3.04. The summed E-state index contributed by atoms with van der Waals surface area (Å²) in [5.74, 6) is -0.334. The highest BCUT2D eigenvalue weighted by Gasteiger charge is 2.20. The van der Waals surface area contributed by atoms with E-state index >= 15 is 0 Å². The second-order valence-corrected chi connectivity index (χ2v) is 9.17.